The predicted octanol–water partition coefficient (Wildman–Crippen LogP) is 0.895. The molecule has 0 bridgehead atoms. The lowest BCUT2D eigenvalue weighted by Gasteiger charge is -1.78. The molecule has 0 fully saturated rings. The average molecular weight is 176 g/mol. The lowest BCUT2D eigenvalue weighted by Crippen LogP contribution is -1.93. The van der Waals surface area contributed by atoms with Gasteiger partial charge in [-0.25, -0.2) is 4.98 Å². The van der Waals surface area contributed by atoms with Crippen LogP contribution in [0.25, 0.3) is 0 Å². The predicted molar refractivity (Wildman–Crippen MR) is 42.0 cm³/mol. The molecule has 1 rings (SSSR count). The van der Waals surface area contributed by atoms with E-state index in [4.69, 9.17) is 11.0 Å². The highest BCUT2D eigenvalue weighted by molar-refractivity contribution is 7.12. The van der Waals surface area contributed by atoms with Gasteiger partial charge in [-0.3, -0.25) is 0 Å². The van der Waals surface area contributed by atoms with Crippen molar-refractivity contribution in [3.63, 3.8) is 0 Å². The first-order chi connectivity index (χ1) is 4.36. The van der Waals surface area contributed by atoms with Gasteiger partial charge in [0.1, 0.15) is 16.0 Å². The summed E-state index contributed by atoms with van der Waals surface area (Å²) in [5.41, 5.74) is 5.26. The van der Waals surface area contributed by atoms with Crippen LogP contribution in [0.1, 0.15) is 9.88 Å². The maximum atomic E-state index is 8.33. The summed E-state index contributed by atoms with van der Waals surface area (Å²) >= 11 is 1.34. The molecule has 0 saturated carbocycles. The first-order valence-electron chi connectivity index (χ1n) is 2.41. The van der Waals surface area contributed by atoms with Gasteiger partial charge >= 0.3 is 0 Å². The largest absolute Gasteiger partial charge is 0.325 e. The third-order valence-electron chi connectivity index (χ3n) is 0.838. The summed E-state index contributed by atoms with van der Waals surface area (Å²) in [5.74, 6) is 0. The van der Waals surface area contributed by atoms with Crippen molar-refractivity contribution in [3.8, 4) is 6.07 Å². The molecule has 1 heterocycles. The number of hydrogen-bond acceptors (Lipinski definition) is 4. The Kier molecular flexibility index (Phi) is 3.96. The molecule has 0 aliphatic heterocycles. The van der Waals surface area contributed by atoms with Crippen LogP contribution in [0.3, 0.4) is 0 Å². The molecule has 0 saturated heterocycles. The Hall–Kier alpha value is -0.630. The van der Waals surface area contributed by atoms with E-state index in [2.05, 4.69) is 4.98 Å². The van der Waals surface area contributed by atoms with Gasteiger partial charge in [0.15, 0.2) is 0 Å². The minimum absolute atomic E-state index is 0. The second-order valence-corrected chi connectivity index (χ2v) is 2.55. The molecule has 0 amide bonds. The fraction of sp³-hybridized carbons (Fsp3) is 0.200. The van der Waals surface area contributed by atoms with E-state index in [1.165, 1.54) is 17.5 Å². The number of nitrogens with two attached hydrogens (primary N) is 1. The van der Waals surface area contributed by atoms with Crippen LogP contribution in [-0.4, -0.2) is 4.98 Å². The van der Waals surface area contributed by atoms with Crippen molar-refractivity contribution in [2.45, 2.75) is 6.54 Å². The molecule has 54 valence electrons. The Morgan fingerprint density at radius 2 is 2.50 bits per heavy atom. The van der Waals surface area contributed by atoms with Gasteiger partial charge in [0, 0.05) is 6.54 Å². The van der Waals surface area contributed by atoms with Crippen LogP contribution < -0.4 is 5.73 Å². The summed E-state index contributed by atoms with van der Waals surface area (Å²) in [4.78, 5) is 4.50. The van der Waals surface area contributed by atoms with E-state index in [9.17, 15) is 0 Å². The fourth-order valence-electron chi connectivity index (χ4n) is 0.456. The summed E-state index contributed by atoms with van der Waals surface area (Å²) in [6.45, 7) is 0.423. The highest BCUT2D eigenvalue weighted by Gasteiger charge is 1.95. The first kappa shape index (κ1) is 9.37. The van der Waals surface area contributed by atoms with Crippen molar-refractivity contribution in [1.82, 2.24) is 4.98 Å². The zero-order valence-corrected chi connectivity index (χ0v) is 6.71. The van der Waals surface area contributed by atoms with Crippen LogP contribution in [-0.2, 0) is 6.54 Å². The number of rotatable bonds is 1. The molecule has 0 unspecified atom stereocenters. The van der Waals surface area contributed by atoms with Crippen LogP contribution in [0.5, 0.6) is 0 Å². The SMILES string of the molecule is Cl.N#Cc1cnc(CN)s1. The van der Waals surface area contributed by atoms with E-state index < -0.39 is 0 Å². The third kappa shape index (κ3) is 1.95. The highest BCUT2D eigenvalue weighted by Crippen LogP contribution is 2.09. The number of nitrogens with zero attached hydrogens (tertiary/aromatic N) is 2. The van der Waals surface area contributed by atoms with Crippen LogP contribution in [0.2, 0.25) is 0 Å². The number of hydrogen-bond donors (Lipinski definition) is 1. The van der Waals surface area contributed by atoms with Crippen LogP contribution in [0.4, 0.5) is 0 Å². The van der Waals surface area contributed by atoms with Crippen molar-refractivity contribution in [1.29, 1.82) is 5.26 Å². The topological polar surface area (TPSA) is 62.7 Å². The number of halogens is 1. The second kappa shape index (κ2) is 4.23. The van der Waals surface area contributed by atoms with E-state index in [0.717, 1.165) is 5.01 Å². The normalized spacial score (nSPS) is 8.00. The van der Waals surface area contributed by atoms with Gasteiger partial charge in [0.25, 0.3) is 0 Å². The van der Waals surface area contributed by atoms with Gasteiger partial charge in [-0.2, -0.15) is 5.26 Å². The zero-order chi connectivity index (χ0) is 6.69. The molecule has 0 radical (unpaired) electrons. The standard InChI is InChI=1S/C5H5N3S.ClH/c6-1-4-3-8-5(2-7)9-4;/h3H,2,7H2;1H. The van der Waals surface area contributed by atoms with E-state index in [1.807, 2.05) is 6.07 Å². The van der Waals surface area contributed by atoms with Crippen LogP contribution in [0.15, 0.2) is 6.20 Å². The summed E-state index contributed by atoms with van der Waals surface area (Å²) in [6, 6.07) is 1.98. The van der Waals surface area contributed by atoms with Gasteiger partial charge in [0.05, 0.1) is 6.20 Å². The van der Waals surface area contributed by atoms with E-state index >= 15 is 0 Å². The zero-order valence-electron chi connectivity index (χ0n) is 5.07. The molecule has 1 aromatic heterocycles. The Balaban J connectivity index is 0.000000810. The maximum absolute atomic E-state index is 8.33. The molecule has 5 heteroatoms. The van der Waals surface area contributed by atoms with Gasteiger partial charge < -0.3 is 5.73 Å². The number of thiazole rings is 1. The molecule has 0 atom stereocenters. The minimum atomic E-state index is 0. The van der Waals surface area contributed by atoms with E-state index in [1.54, 1.807) is 0 Å². The Labute approximate surface area is 68.9 Å². The quantitative estimate of drug-likeness (QED) is 0.690. The van der Waals surface area contributed by atoms with Crippen LogP contribution >= 0.6 is 23.7 Å². The van der Waals surface area contributed by atoms with E-state index in [0.29, 0.717) is 11.4 Å². The molecule has 0 aliphatic carbocycles. The van der Waals surface area contributed by atoms with Gasteiger partial charge in [-0.15, -0.1) is 23.7 Å². The summed E-state index contributed by atoms with van der Waals surface area (Å²) in [7, 11) is 0. The second-order valence-electron chi connectivity index (χ2n) is 1.43. The summed E-state index contributed by atoms with van der Waals surface area (Å²) < 4.78 is 0. The third-order valence-corrected chi connectivity index (χ3v) is 1.76. The van der Waals surface area contributed by atoms with Gasteiger partial charge in [-0.05, 0) is 0 Å². The highest BCUT2D eigenvalue weighted by atomic mass is 35.5. The lowest BCUT2D eigenvalue weighted by atomic mass is 10.6. The molecule has 10 heavy (non-hydrogen) atoms. The number of aromatic nitrogens is 1. The maximum Gasteiger partial charge on any atom is 0.124 e. The van der Waals surface area contributed by atoms with Crippen molar-refractivity contribution in [3.05, 3.63) is 16.1 Å². The minimum Gasteiger partial charge on any atom is -0.325 e. The van der Waals surface area contributed by atoms with Crippen molar-refractivity contribution < 1.29 is 0 Å². The molecule has 0 spiro atoms. The van der Waals surface area contributed by atoms with E-state index in [-0.39, 0.29) is 12.4 Å². The Morgan fingerprint density at radius 3 is 2.80 bits per heavy atom. The summed E-state index contributed by atoms with van der Waals surface area (Å²) in [6.07, 6.45) is 1.53. The Bertz CT molecular complexity index is 239. The summed E-state index contributed by atoms with van der Waals surface area (Å²) in [5, 5.41) is 9.14. The fourth-order valence-corrected chi connectivity index (χ4v) is 1.05. The average Bonchev–Trinajstić information content (AvgIpc) is 2.34. The van der Waals surface area contributed by atoms with Crippen molar-refractivity contribution >= 4 is 23.7 Å². The van der Waals surface area contributed by atoms with Crippen LogP contribution in [0, 0.1) is 11.3 Å². The molecular weight excluding hydrogens is 170 g/mol. The van der Waals surface area contributed by atoms with Gasteiger partial charge in [-0.1, -0.05) is 0 Å². The van der Waals surface area contributed by atoms with Crippen molar-refractivity contribution in [2.75, 3.05) is 0 Å². The van der Waals surface area contributed by atoms with Crippen molar-refractivity contribution in [2.24, 2.45) is 5.73 Å². The molecule has 0 aliphatic rings. The first-order valence-corrected chi connectivity index (χ1v) is 3.23. The molecular formula is C5H6ClN3S. The van der Waals surface area contributed by atoms with Gasteiger partial charge in [0.2, 0.25) is 0 Å². The molecule has 3 nitrogen and oxygen atoms in total. The number of nitriles is 1. The smallest absolute Gasteiger partial charge is 0.124 e. The molecule has 1 aromatic rings. The lowest BCUT2D eigenvalue weighted by molar-refractivity contribution is 1.04. The molecule has 0 aromatic carbocycles. The Morgan fingerprint density at radius 1 is 1.80 bits per heavy atom. The monoisotopic (exact) mass is 175 g/mol. The molecule has 2 N–H and O–H groups in total.